The van der Waals surface area contributed by atoms with Gasteiger partial charge in [0.2, 0.25) is 0 Å². The van der Waals surface area contributed by atoms with Crippen LogP contribution in [0.2, 0.25) is 0 Å². The largest absolute Gasteiger partial charge is 0.448 e. The van der Waals surface area contributed by atoms with Crippen molar-refractivity contribution in [3.05, 3.63) is 0 Å². The number of hydrogen-bond acceptors (Lipinski definition) is 2. The molecule has 1 heterocycles. The van der Waals surface area contributed by atoms with E-state index < -0.39 is 7.26 Å². The van der Waals surface area contributed by atoms with Gasteiger partial charge in [-0.1, -0.05) is 53.4 Å². The Balaban J connectivity index is 0.000000664. The van der Waals surface area contributed by atoms with E-state index in [2.05, 4.69) is 37.7 Å². The third kappa shape index (κ3) is 11.8. The number of rotatable bonds is 12. The molecule has 0 aliphatic carbocycles. The van der Waals surface area contributed by atoms with Crippen LogP contribution in [0.25, 0.3) is 0 Å². The van der Waals surface area contributed by atoms with Crippen molar-refractivity contribution in [3.8, 4) is 0 Å². The quantitative estimate of drug-likeness (QED) is 0.445. The molecule has 4 heteroatoms. The molecule has 0 saturated carbocycles. The lowest BCUT2D eigenvalue weighted by Crippen LogP contribution is -2.12. The fraction of sp³-hybridized carbons (Fsp3) is 0.947. The fourth-order valence-corrected chi connectivity index (χ4v) is 8.28. The van der Waals surface area contributed by atoms with Gasteiger partial charge in [0, 0.05) is 7.26 Å². The summed E-state index contributed by atoms with van der Waals surface area (Å²) in [5.41, 5.74) is 0. The summed E-state index contributed by atoms with van der Waals surface area (Å²) in [4.78, 5) is 9.91. The van der Waals surface area contributed by atoms with E-state index in [9.17, 15) is 4.79 Å². The number of carbonyl (C=O) groups excluding carboxylic acids is 1. The number of unbranched alkanes of at least 4 members (excludes halogenated alkanes) is 4. The Kier molecular flexibility index (Phi) is 15.0. The zero-order valence-electron chi connectivity index (χ0n) is 16.2. The summed E-state index contributed by atoms with van der Waals surface area (Å²) in [6.45, 7) is 10.6. The van der Waals surface area contributed by atoms with E-state index in [1.807, 2.05) is 0 Å². The van der Waals surface area contributed by atoms with Crippen LogP contribution in [0.5, 0.6) is 0 Å². The molecule has 0 radical (unpaired) electrons. The minimum absolute atomic E-state index is 0.296. The molecule has 1 N–H and O–H groups in total. The molecule has 0 aromatic rings. The van der Waals surface area contributed by atoms with Crippen LogP contribution in [0.3, 0.4) is 0 Å². The average molecular weight is 347 g/mol. The maximum Gasteiger partial charge on any atom is 0.407 e. The second-order valence-corrected chi connectivity index (χ2v) is 11.2. The predicted octanol–water partition coefficient (Wildman–Crippen LogP) is 5.93. The zero-order chi connectivity index (χ0) is 17.4. The maximum absolute atomic E-state index is 9.91. The molecule has 1 rings (SSSR count). The van der Waals surface area contributed by atoms with Gasteiger partial charge in [-0.05, 0) is 25.7 Å². The molecule has 3 nitrogen and oxygen atoms in total. The summed E-state index contributed by atoms with van der Waals surface area (Å²) in [5.74, 6) is 0. The highest BCUT2D eigenvalue weighted by molar-refractivity contribution is 7.75. The summed E-state index contributed by atoms with van der Waals surface area (Å²) in [7, 11) is -0.562. The molecule has 1 amide bonds. The number of amides is 1. The van der Waals surface area contributed by atoms with Gasteiger partial charge < -0.3 is 10.1 Å². The van der Waals surface area contributed by atoms with Crippen LogP contribution in [-0.4, -0.2) is 43.9 Å². The molecular formula is C19H41NO2P+. The number of cyclic esters (lactones) is 1. The van der Waals surface area contributed by atoms with Gasteiger partial charge in [-0.25, -0.2) is 4.79 Å². The van der Waals surface area contributed by atoms with Crippen molar-refractivity contribution in [2.45, 2.75) is 79.1 Å². The third-order valence-corrected chi connectivity index (χ3v) is 9.61. The number of nitrogens with one attached hydrogen (secondary N) is 1. The molecule has 0 bridgehead atoms. The summed E-state index contributed by atoms with van der Waals surface area (Å²) >= 11 is 0. The molecule has 0 spiro atoms. The van der Waals surface area contributed by atoms with Crippen molar-refractivity contribution >= 4 is 13.4 Å². The molecule has 23 heavy (non-hydrogen) atoms. The number of alkyl carbamates (subject to hydrolysis) is 1. The van der Waals surface area contributed by atoms with E-state index in [-0.39, 0.29) is 6.09 Å². The Bertz CT molecular complexity index is 239. The molecule has 0 atom stereocenters. The van der Waals surface area contributed by atoms with Crippen LogP contribution >= 0.6 is 7.26 Å². The third-order valence-electron chi connectivity index (χ3n) is 4.55. The zero-order valence-corrected chi connectivity index (χ0v) is 17.1. The lowest BCUT2D eigenvalue weighted by molar-refractivity contribution is 0.178. The van der Waals surface area contributed by atoms with Crippen molar-refractivity contribution in [1.29, 1.82) is 0 Å². The van der Waals surface area contributed by atoms with Gasteiger partial charge in [-0.2, -0.15) is 0 Å². The monoisotopic (exact) mass is 346 g/mol. The number of carbonyl (C=O) groups is 1. The first-order valence-electron chi connectivity index (χ1n) is 9.89. The van der Waals surface area contributed by atoms with Gasteiger partial charge in [0.05, 0.1) is 31.2 Å². The predicted molar refractivity (Wildman–Crippen MR) is 105 cm³/mol. The van der Waals surface area contributed by atoms with Gasteiger partial charge in [-0.15, -0.1) is 0 Å². The molecule has 0 aromatic heterocycles. The van der Waals surface area contributed by atoms with Gasteiger partial charge >= 0.3 is 6.09 Å². The summed E-state index contributed by atoms with van der Waals surface area (Å²) < 4.78 is 4.40. The molecule has 1 saturated heterocycles. The maximum atomic E-state index is 9.91. The van der Waals surface area contributed by atoms with Crippen LogP contribution < -0.4 is 5.32 Å². The van der Waals surface area contributed by atoms with Gasteiger partial charge in [0.1, 0.15) is 6.61 Å². The van der Waals surface area contributed by atoms with Crippen molar-refractivity contribution in [3.63, 3.8) is 0 Å². The van der Waals surface area contributed by atoms with E-state index in [1.54, 1.807) is 24.6 Å². The molecule has 0 aromatic carbocycles. The SMILES string of the molecule is CCCC[P+](CCCC)(CCCC)CCCC.O=C1NCCO1. The topological polar surface area (TPSA) is 38.3 Å². The van der Waals surface area contributed by atoms with Gasteiger partial charge in [0.15, 0.2) is 0 Å². The van der Waals surface area contributed by atoms with Crippen molar-refractivity contribution in [2.75, 3.05) is 37.8 Å². The van der Waals surface area contributed by atoms with E-state index in [0.717, 1.165) is 0 Å². The van der Waals surface area contributed by atoms with Gasteiger partial charge in [0.25, 0.3) is 0 Å². The van der Waals surface area contributed by atoms with E-state index in [4.69, 9.17) is 0 Å². The van der Waals surface area contributed by atoms with Crippen LogP contribution in [-0.2, 0) is 4.74 Å². The van der Waals surface area contributed by atoms with Crippen LogP contribution in [0, 0.1) is 0 Å². The summed E-state index contributed by atoms with van der Waals surface area (Å²) in [6, 6.07) is 0. The molecule has 1 fully saturated rings. The molecule has 1 aliphatic rings. The highest BCUT2D eigenvalue weighted by atomic mass is 31.2. The first-order chi connectivity index (χ1) is 11.1. The Morgan fingerprint density at radius 2 is 1.22 bits per heavy atom. The first kappa shape index (κ1) is 22.7. The van der Waals surface area contributed by atoms with Crippen molar-refractivity contribution < 1.29 is 9.53 Å². The minimum atomic E-state index is -0.562. The van der Waals surface area contributed by atoms with Crippen LogP contribution in [0.4, 0.5) is 4.79 Å². The molecule has 0 unspecified atom stereocenters. The van der Waals surface area contributed by atoms with Crippen molar-refractivity contribution in [2.24, 2.45) is 0 Å². The lowest BCUT2D eigenvalue weighted by Gasteiger charge is -2.28. The van der Waals surface area contributed by atoms with Crippen molar-refractivity contribution in [1.82, 2.24) is 5.32 Å². The second-order valence-electron chi connectivity index (χ2n) is 6.71. The van der Waals surface area contributed by atoms with Gasteiger partial charge in [-0.3, -0.25) is 0 Å². The Labute approximate surface area is 145 Å². The second kappa shape index (κ2) is 15.2. The Hall–Kier alpha value is -0.300. The highest BCUT2D eigenvalue weighted by Crippen LogP contribution is 2.61. The molecule has 1 aliphatic heterocycles. The average Bonchev–Trinajstić information content (AvgIpc) is 3.05. The van der Waals surface area contributed by atoms with E-state index >= 15 is 0 Å². The first-order valence-corrected chi connectivity index (χ1v) is 12.4. The molecule has 138 valence electrons. The number of ether oxygens (including phenoxy) is 1. The Morgan fingerprint density at radius 3 is 1.39 bits per heavy atom. The number of hydrogen-bond donors (Lipinski definition) is 1. The summed E-state index contributed by atoms with van der Waals surface area (Å²) in [5, 5.41) is 2.46. The lowest BCUT2D eigenvalue weighted by atomic mass is 10.4. The fourth-order valence-electron chi connectivity index (χ4n) is 2.99. The molecular weight excluding hydrogens is 305 g/mol. The Morgan fingerprint density at radius 1 is 0.826 bits per heavy atom. The minimum Gasteiger partial charge on any atom is -0.448 e. The van der Waals surface area contributed by atoms with Crippen LogP contribution in [0.15, 0.2) is 0 Å². The highest BCUT2D eigenvalue weighted by Gasteiger charge is 2.34. The van der Waals surface area contributed by atoms with Crippen LogP contribution in [0.1, 0.15) is 79.1 Å². The normalized spacial score (nSPS) is 14.0. The smallest absolute Gasteiger partial charge is 0.407 e. The van der Waals surface area contributed by atoms with E-state index in [0.29, 0.717) is 13.2 Å². The summed E-state index contributed by atoms with van der Waals surface area (Å²) in [6.07, 6.45) is 17.7. The van der Waals surface area contributed by atoms with E-state index in [1.165, 1.54) is 51.4 Å². The standard InChI is InChI=1S/C16H36P.C3H5NO2/c1-5-9-13-17(14-10-6-2,15-11-7-3)16-12-8-4;5-3-4-1-2-6-3/h5-16H2,1-4H3;1-2H2,(H,4,5)/q+1;.